The molecule has 3 nitrogen and oxygen atoms in total. The molecule has 0 aliphatic heterocycles. The highest BCUT2D eigenvalue weighted by Crippen LogP contribution is 2.21. The van der Waals surface area contributed by atoms with Crippen LogP contribution in [0.2, 0.25) is 0 Å². The van der Waals surface area contributed by atoms with Crippen LogP contribution in [0.3, 0.4) is 0 Å². The number of carbonyl (C=O) groups is 1. The van der Waals surface area contributed by atoms with E-state index < -0.39 is 0 Å². The number of carbonyl (C=O) groups excluding carboxylic acids is 1. The van der Waals surface area contributed by atoms with Crippen LogP contribution >= 0.6 is 15.9 Å². The van der Waals surface area contributed by atoms with Crippen molar-refractivity contribution in [2.45, 2.75) is 19.8 Å². The van der Waals surface area contributed by atoms with E-state index in [0.717, 1.165) is 27.0 Å². The number of amides is 1. The minimum Gasteiger partial charge on any atom is -0.399 e. The Labute approximate surface area is 127 Å². The number of hydrogen-bond donors (Lipinski definition) is 2. The Morgan fingerprint density at radius 3 is 2.80 bits per heavy atom. The predicted octanol–water partition coefficient (Wildman–Crippen LogP) is 3.91. The summed E-state index contributed by atoms with van der Waals surface area (Å²) < 4.78 is 0.953. The quantitative estimate of drug-likeness (QED) is 0.834. The monoisotopic (exact) mass is 332 g/mol. The highest BCUT2D eigenvalue weighted by atomic mass is 79.9. The molecule has 104 valence electrons. The van der Waals surface area contributed by atoms with E-state index >= 15 is 0 Å². The summed E-state index contributed by atoms with van der Waals surface area (Å²) in [6.45, 7) is 1.97. The number of benzene rings is 2. The van der Waals surface area contributed by atoms with Crippen LogP contribution in [0.15, 0.2) is 46.9 Å². The summed E-state index contributed by atoms with van der Waals surface area (Å²) in [5.41, 5.74) is 9.41. The topological polar surface area (TPSA) is 55.1 Å². The van der Waals surface area contributed by atoms with E-state index in [1.54, 1.807) is 0 Å². The summed E-state index contributed by atoms with van der Waals surface area (Å²) in [7, 11) is 0. The number of hydrogen-bond acceptors (Lipinski definition) is 2. The lowest BCUT2D eigenvalue weighted by atomic mass is 10.1. The first kappa shape index (κ1) is 14.6. The first-order chi connectivity index (χ1) is 9.54. The van der Waals surface area contributed by atoms with E-state index in [4.69, 9.17) is 5.73 Å². The summed E-state index contributed by atoms with van der Waals surface area (Å²) in [5, 5.41) is 2.94. The fourth-order valence-corrected chi connectivity index (χ4v) is 2.31. The average Bonchev–Trinajstić information content (AvgIpc) is 2.41. The summed E-state index contributed by atoms with van der Waals surface area (Å²) in [6, 6.07) is 13.5. The molecule has 1 amide bonds. The van der Waals surface area contributed by atoms with Crippen LogP contribution in [0.5, 0.6) is 0 Å². The molecule has 0 saturated heterocycles. The number of anilines is 2. The molecule has 4 heteroatoms. The van der Waals surface area contributed by atoms with E-state index in [-0.39, 0.29) is 5.91 Å². The van der Waals surface area contributed by atoms with Crippen molar-refractivity contribution in [1.82, 2.24) is 0 Å². The summed E-state index contributed by atoms with van der Waals surface area (Å²) >= 11 is 3.40. The predicted molar refractivity (Wildman–Crippen MR) is 86.7 cm³/mol. The Morgan fingerprint density at radius 1 is 1.25 bits per heavy atom. The molecule has 0 aromatic heterocycles. The van der Waals surface area contributed by atoms with Gasteiger partial charge in [-0.2, -0.15) is 0 Å². The van der Waals surface area contributed by atoms with Crippen LogP contribution in [0.25, 0.3) is 0 Å². The lowest BCUT2D eigenvalue weighted by molar-refractivity contribution is -0.116. The second kappa shape index (κ2) is 6.57. The number of halogens is 1. The molecule has 2 rings (SSSR count). The Morgan fingerprint density at radius 2 is 2.05 bits per heavy atom. The standard InChI is InChI=1S/C16H17BrN2O/c1-11-5-7-13(17)10-15(11)19-16(20)8-6-12-3-2-4-14(18)9-12/h2-5,7,9-10H,6,8,18H2,1H3,(H,19,20). The van der Waals surface area contributed by atoms with Gasteiger partial charge in [0.25, 0.3) is 0 Å². The van der Waals surface area contributed by atoms with Crippen LogP contribution in [-0.2, 0) is 11.2 Å². The van der Waals surface area contributed by atoms with Gasteiger partial charge < -0.3 is 11.1 Å². The molecule has 0 aliphatic rings. The van der Waals surface area contributed by atoms with Gasteiger partial charge in [-0.15, -0.1) is 0 Å². The molecule has 0 aliphatic carbocycles. The van der Waals surface area contributed by atoms with Gasteiger partial charge in [-0.1, -0.05) is 34.1 Å². The third-order valence-electron chi connectivity index (χ3n) is 3.07. The second-order valence-electron chi connectivity index (χ2n) is 4.75. The minimum atomic E-state index is 0.00799. The van der Waals surface area contributed by atoms with Gasteiger partial charge in [0.2, 0.25) is 5.91 Å². The Hall–Kier alpha value is -1.81. The van der Waals surface area contributed by atoms with E-state index in [9.17, 15) is 4.79 Å². The third-order valence-corrected chi connectivity index (χ3v) is 3.56. The Kier molecular flexibility index (Phi) is 4.79. The Bertz CT molecular complexity index is 626. The number of aryl methyl sites for hydroxylation is 2. The SMILES string of the molecule is Cc1ccc(Br)cc1NC(=O)CCc1cccc(N)c1. The molecule has 0 spiro atoms. The molecule has 0 saturated carbocycles. The molecule has 2 aromatic rings. The molecule has 0 atom stereocenters. The summed E-state index contributed by atoms with van der Waals surface area (Å²) in [5.74, 6) is 0.00799. The normalized spacial score (nSPS) is 10.3. The van der Waals surface area contributed by atoms with Crippen molar-refractivity contribution in [2.24, 2.45) is 0 Å². The maximum Gasteiger partial charge on any atom is 0.224 e. The molecule has 0 radical (unpaired) electrons. The van der Waals surface area contributed by atoms with Crippen LogP contribution in [-0.4, -0.2) is 5.91 Å². The second-order valence-corrected chi connectivity index (χ2v) is 5.67. The van der Waals surface area contributed by atoms with Crippen molar-refractivity contribution in [1.29, 1.82) is 0 Å². The summed E-state index contributed by atoms with van der Waals surface area (Å²) in [6.07, 6.45) is 1.12. The minimum absolute atomic E-state index is 0.00799. The van der Waals surface area contributed by atoms with Gasteiger partial charge in [0.1, 0.15) is 0 Å². The molecule has 0 unspecified atom stereocenters. The van der Waals surface area contributed by atoms with E-state index in [1.165, 1.54) is 0 Å². The molecule has 0 bridgehead atoms. The van der Waals surface area contributed by atoms with Crippen molar-refractivity contribution in [3.63, 3.8) is 0 Å². The molecule has 20 heavy (non-hydrogen) atoms. The largest absolute Gasteiger partial charge is 0.399 e. The van der Waals surface area contributed by atoms with Crippen molar-refractivity contribution in [3.05, 3.63) is 58.1 Å². The molecular formula is C16H17BrN2O. The van der Waals surface area contributed by atoms with Crippen LogP contribution < -0.4 is 11.1 Å². The zero-order valence-corrected chi connectivity index (χ0v) is 12.9. The Balaban J connectivity index is 1.94. The highest BCUT2D eigenvalue weighted by molar-refractivity contribution is 9.10. The first-order valence-electron chi connectivity index (χ1n) is 6.45. The van der Waals surface area contributed by atoms with Gasteiger partial charge in [-0.3, -0.25) is 4.79 Å². The number of nitrogens with two attached hydrogens (primary N) is 1. The average molecular weight is 333 g/mol. The number of nitrogen functional groups attached to an aromatic ring is 1. The van der Waals surface area contributed by atoms with Crippen molar-refractivity contribution >= 4 is 33.2 Å². The lowest BCUT2D eigenvalue weighted by Gasteiger charge is -2.09. The van der Waals surface area contributed by atoms with Crippen molar-refractivity contribution < 1.29 is 4.79 Å². The number of rotatable bonds is 4. The fourth-order valence-electron chi connectivity index (χ4n) is 1.95. The van der Waals surface area contributed by atoms with Crippen LogP contribution in [0, 0.1) is 6.92 Å². The smallest absolute Gasteiger partial charge is 0.224 e. The van der Waals surface area contributed by atoms with Crippen LogP contribution in [0.4, 0.5) is 11.4 Å². The zero-order chi connectivity index (χ0) is 14.5. The number of nitrogens with one attached hydrogen (secondary N) is 1. The lowest BCUT2D eigenvalue weighted by Crippen LogP contribution is -2.13. The molecule has 2 aromatic carbocycles. The first-order valence-corrected chi connectivity index (χ1v) is 7.24. The van der Waals surface area contributed by atoms with Gasteiger partial charge >= 0.3 is 0 Å². The van der Waals surface area contributed by atoms with E-state index in [1.807, 2.05) is 49.4 Å². The van der Waals surface area contributed by atoms with E-state index in [0.29, 0.717) is 12.8 Å². The van der Waals surface area contributed by atoms with Crippen molar-refractivity contribution in [2.75, 3.05) is 11.1 Å². The highest BCUT2D eigenvalue weighted by Gasteiger charge is 2.06. The van der Waals surface area contributed by atoms with Gasteiger partial charge in [0, 0.05) is 22.3 Å². The maximum absolute atomic E-state index is 12.0. The van der Waals surface area contributed by atoms with Gasteiger partial charge in [0.05, 0.1) is 0 Å². The summed E-state index contributed by atoms with van der Waals surface area (Å²) in [4.78, 5) is 12.0. The molecule has 3 N–H and O–H groups in total. The van der Waals surface area contributed by atoms with Gasteiger partial charge in [0.15, 0.2) is 0 Å². The van der Waals surface area contributed by atoms with Gasteiger partial charge in [-0.05, 0) is 48.7 Å². The van der Waals surface area contributed by atoms with Crippen molar-refractivity contribution in [3.8, 4) is 0 Å². The maximum atomic E-state index is 12.0. The van der Waals surface area contributed by atoms with E-state index in [2.05, 4.69) is 21.2 Å². The van der Waals surface area contributed by atoms with Crippen LogP contribution in [0.1, 0.15) is 17.5 Å². The molecule has 0 fully saturated rings. The fraction of sp³-hybridized carbons (Fsp3) is 0.188. The zero-order valence-electron chi connectivity index (χ0n) is 11.3. The molecular weight excluding hydrogens is 316 g/mol. The van der Waals surface area contributed by atoms with Gasteiger partial charge in [-0.25, -0.2) is 0 Å². The third kappa shape index (κ3) is 4.10. The molecule has 0 heterocycles.